The fraction of sp³-hybridized carbons (Fsp3) is 0.136. The molecule has 29 heavy (non-hydrogen) atoms. The summed E-state index contributed by atoms with van der Waals surface area (Å²) < 4.78 is 32.6. The van der Waals surface area contributed by atoms with Crippen molar-refractivity contribution in [2.75, 3.05) is 18.9 Å². The molecule has 1 N–H and O–H groups in total. The third-order valence-corrected chi connectivity index (χ3v) is 5.78. The molecule has 0 saturated heterocycles. The number of para-hydroxylation sites is 1. The highest BCUT2D eigenvalue weighted by Crippen LogP contribution is 2.21. The first-order valence-corrected chi connectivity index (χ1v) is 10.4. The number of carbonyl (C=O) groups excluding carboxylic acids is 1. The molecule has 0 aliphatic heterocycles. The Morgan fingerprint density at radius 2 is 1.55 bits per heavy atom. The molecule has 0 spiro atoms. The molecular formula is C22H22N2O4S. The second-order valence-corrected chi connectivity index (χ2v) is 8.15. The summed E-state index contributed by atoms with van der Waals surface area (Å²) in [6.07, 6.45) is 0. The highest BCUT2D eigenvalue weighted by molar-refractivity contribution is 7.92. The van der Waals surface area contributed by atoms with Gasteiger partial charge >= 0.3 is 0 Å². The van der Waals surface area contributed by atoms with Crippen LogP contribution in [0, 0.1) is 0 Å². The largest absolute Gasteiger partial charge is 0.496 e. The lowest BCUT2D eigenvalue weighted by atomic mass is 10.1. The fourth-order valence-electron chi connectivity index (χ4n) is 2.88. The van der Waals surface area contributed by atoms with E-state index in [1.165, 1.54) is 12.1 Å². The van der Waals surface area contributed by atoms with Crippen LogP contribution in [0.15, 0.2) is 83.8 Å². The van der Waals surface area contributed by atoms with Gasteiger partial charge in [0.05, 0.1) is 12.0 Å². The molecule has 3 rings (SSSR count). The SMILES string of the molecule is COc1ccccc1CN(C)C(=O)c1ccc(NS(=O)(=O)c2ccccc2)cc1. The molecule has 0 bridgehead atoms. The number of anilines is 1. The van der Waals surface area contributed by atoms with Crippen LogP contribution >= 0.6 is 0 Å². The molecule has 7 heteroatoms. The monoisotopic (exact) mass is 410 g/mol. The van der Waals surface area contributed by atoms with Gasteiger partial charge in [0.25, 0.3) is 15.9 Å². The lowest BCUT2D eigenvalue weighted by Crippen LogP contribution is -2.26. The number of sulfonamides is 1. The summed E-state index contributed by atoms with van der Waals surface area (Å²) in [5.74, 6) is 0.547. The summed E-state index contributed by atoms with van der Waals surface area (Å²) in [6.45, 7) is 0.394. The minimum atomic E-state index is -3.67. The Hall–Kier alpha value is -3.32. The average molecular weight is 410 g/mol. The number of amides is 1. The number of hydrogen-bond acceptors (Lipinski definition) is 4. The quantitative estimate of drug-likeness (QED) is 0.643. The maximum Gasteiger partial charge on any atom is 0.261 e. The van der Waals surface area contributed by atoms with E-state index in [1.54, 1.807) is 61.5 Å². The van der Waals surface area contributed by atoms with Gasteiger partial charge in [-0.1, -0.05) is 36.4 Å². The molecule has 3 aromatic rings. The summed E-state index contributed by atoms with van der Waals surface area (Å²) in [4.78, 5) is 14.5. The fourth-order valence-corrected chi connectivity index (χ4v) is 3.96. The van der Waals surface area contributed by atoms with Crippen molar-refractivity contribution in [1.29, 1.82) is 0 Å². The van der Waals surface area contributed by atoms with E-state index in [2.05, 4.69) is 4.72 Å². The van der Waals surface area contributed by atoms with Gasteiger partial charge in [0.2, 0.25) is 0 Å². The lowest BCUT2D eigenvalue weighted by molar-refractivity contribution is 0.0784. The van der Waals surface area contributed by atoms with Crippen molar-refractivity contribution >= 4 is 21.6 Å². The number of rotatable bonds is 7. The predicted molar refractivity (Wildman–Crippen MR) is 112 cm³/mol. The van der Waals surface area contributed by atoms with Crippen LogP contribution in [0.3, 0.4) is 0 Å². The van der Waals surface area contributed by atoms with E-state index in [1.807, 2.05) is 24.3 Å². The molecule has 150 valence electrons. The zero-order chi connectivity index (χ0) is 20.9. The van der Waals surface area contributed by atoms with Gasteiger partial charge in [-0.05, 0) is 42.5 Å². The van der Waals surface area contributed by atoms with Crippen LogP contribution in [0.5, 0.6) is 5.75 Å². The van der Waals surface area contributed by atoms with Crippen LogP contribution in [0.4, 0.5) is 5.69 Å². The number of nitrogens with one attached hydrogen (secondary N) is 1. The normalized spacial score (nSPS) is 11.0. The average Bonchev–Trinajstić information content (AvgIpc) is 2.74. The molecule has 0 saturated carbocycles. The Kier molecular flexibility index (Phi) is 6.19. The molecule has 0 aliphatic carbocycles. The van der Waals surface area contributed by atoms with Crippen molar-refractivity contribution in [1.82, 2.24) is 4.90 Å². The molecule has 6 nitrogen and oxygen atoms in total. The van der Waals surface area contributed by atoms with E-state index < -0.39 is 10.0 Å². The summed E-state index contributed by atoms with van der Waals surface area (Å²) >= 11 is 0. The first-order valence-electron chi connectivity index (χ1n) is 8.96. The highest BCUT2D eigenvalue weighted by atomic mass is 32.2. The predicted octanol–water partition coefficient (Wildman–Crippen LogP) is 3.77. The van der Waals surface area contributed by atoms with E-state index in [-0.39, 0.29) is 10.8 Å². The standard InChI is InChI=1S/C22H22N2O4S/c1-24(16-18-8-6-7-11-21(18)28-2)22(25)17-12-14-19(15-13-17)23-29(26,27)20-9-4-3-5-10-20/h3-15,23H,16H2,1-2H3. The van der Waals surface area contributed by atoms with Crippen LogP contribution in [0.2, 0.25) is 0 Å². The van der Waals surface area contributed by atoms with E-state index >= 15 is 0 Å². The van der Waals surface area contributed by atoms with Crippen molar-refractivity contribution in [2.24, 2.45) is 0 Å². The Morgan fingerprint density at radius 3 is 2.21 bits per heavy atom. The van der Waals surface area contributed by atoms with E-state index in [9.17, 15) is 13.2 Å². The third-order valence-electron chi connectivity index (χ3n) is 4.38. The Balaban J connectivity index is 1.70. The Labute approximate surface area is 170 Å². The number of hydrogen-bond donors (Lipinski definition) is 1. The van der Waals surface area contributed by atoms with Crippen molar-refractivity contribution in [3.8, 4) is 5.75 Å². The lowest BCUT2D eigenvalue weighted by Gasteiger charge is -2.19. The van der Waals surface area contributed by atoms with Crippen LogP contribution in [0.1, 0.15) is 15.9 Å². The molecule has 0 atom stereocenters. The number of carbonyl (C=O) groups is 1. The van der Waals surface area contributed by atoms with Crippen LogP contribution in [0.25, 0.3) is 0 Å². The van der Waals surface area contributed by atoms with Gasteiger partial charge in [0.15, 0.2) is 0 Å². The van der Waals surface area contributed by atoms with Crippen molar-refractivity contribution in [3.63, 3.8) is 0 Å². The van der Waals surface area contributed by atoms with Gasteiger partial charge in [-0.15, -0.1) is 0 Å². The summed E-state index contributed by atoms with van der Waals surface area (Å²) in [5.41, 5.74) is 1.75. The topological polar surface area (TPSA) is 75.7 Å². The molecular weight excluding hydrogens is 388 g/mol. The van der Waals surface area contributed by atoms with Crippen LogP contribution in [-0.2, 0) is 16.6 Å². The highest BCUT2D eigenvalue weighted by Gasteiger charge is 2.16. The molecule has 1 amide bonds. The van der Waals surface area contributed by atoms with Crippen LogP contribution < -0.4 is 9.46 Å². The minimum absolute atomic E-state index is 0.173. The molecule has 0 heterocycles. The van der Waals surface area contributed by atoms with E-state index in [0.717, 1.165) is 11.3 Å². The second-order valence-electron chi connectivity index (χ2n) is 6.47. The van der Waals surface area contributed by atoms with Gasteiger partial charge in [0.1, 0.15) is 5.75 Å². The van der Waals surface area contributed by atoms with Crippen LogP contribution in [-0.4, -0.2) is 33.4 Å². The summed E-state index contributed by atoms with van der Waals surface area (Å²) in [7, 11) is -0.368. The van der Waals surface area contributed by atoms with Gasteiger partial charge in [-0.3, -0.25) is 9.52 Å². The van der Waals surface area contributed by atoms with E-state index in [4.69, 9.17) is 4.74 Å². The summed E-state index contributed by atoms with van der Waals surface area (Å²) in [6, 6.07) is 22.0. The molecule has 0 aliphatic rings. The molecule has 0 fully saturated rings. The van der Waals surface area contributed by atoms with Crippen molar-refractivity contribution < 1.29 is 17.9 Å². The summed E-state index contributed by atoms with van der Waals surface area (Å²) in [5, 5.41) is 0. The maximum atomic E-state index is 12.7. The zero-order valence-corrected chi connectivity index (χ0v) is 17.0. The van der Waals surface area contributed by atoms with Gasteiger partial charge in [-0.2, -0.15) is 0 Å². The number of methoxy groups -OCH3 is 1. The minimum Gasteiger partial charge on any atom is -0.496 e. The Bertz CT molecular complexity index is 1080. The number of ether oxygens (including phenoxy) is 1. The number of benzene rings is 3. The van der Waals surface area contributed by atoms with Crippen molar-refractivity contribution in [2.45, 2.75) is 11.4 Å². The van der Waals surface area contributed by atoms with Crippen molar-refractivity contribution in [3.05, 3.63) is 90.0 Å². The van der Waals surface area contributed by atoms with Gasteiger partial charge in [0, 0.05) is 30.4 Å². The zero-order valence-electron chi connectivity index (χ0n) is 16.2. The van der Waals surface area contributed by atoms with Gasteiger partial charge < -0.3 is 9.64 Å². The molecule has 0 radical (unpaired) electrons. The third kappa shape index (κ3) is 4.94. The first kappa shape index (κ1) is 20.4. The number of nitrogens with zero attached hydrogens (tertiary/aromatic N) is 1. The smallest absolute Gasteiger partial charge is 0.261 e. The second kappa shape index (κ2) is 8.79. The maximum absolute atomic E-state index is 12.7. The molecule has 0 aromatic heterocycles. The Morgan fingerprint density at radius 1 is 0.931 bits per heavy atom. The van der Waals surface area contributed by atoms with E-state index in [0.29, 0.717) is 17.8 Å². The molecule has 0 unspecified atom stereocenters. The molecule has 3 aromatic carbocycles. The van der Waals surface area contributed by atoms with Gasteiger partial charge in [-0.25, -0.2) is 8.42 Å². The first-order chi connectivity index (χ1) is 13.9.